The van der Waals surface area contributed by atoms with Crippen molar-refractivity contribution in [2.45, 2.75) is 17.7 Å². The van der Waals surface area contributed by atoms with Crippen LogP contribution in [0.1, 0.15) is 12.8 Å². The summed E-state index contributed by atoms with van der Waals surface area (Å²) in [6.07, 6.45) is 0.891. The first-order valence-corrected chi connectivity index (χ1v) is 8.24. The molecular formula is C14H20N2O4S. The van der Waals surface area contributed by atoms with Crippen molar-refractivity contribution in [3.8, 4) is 0 Å². The normalized spacial score (nSPS) is 19.2. The van der Waals surface area contributed by atoms with E-state index >= 15 is 0 Å². The van der Waals surface area contributed by atoms with Crippen LogP contribution in [0.15, 0.2) is 29.2 Å². The standard InChI is InChI=1S/C14H20N2O4S/c1-15(2)21(19,20)13-6-4-3-5-12(13)16-8-7-11(10-16)9-14(17)18/h3-6,11H,7-10H2,1-2H3,(H,17,18). The molecule has 116 valence electrons. The van der Waals surface area contributed by atoms with Gasteiger partial charge in [-0.2, -0.15) is 0 Å². The van der Waals surface area contributed by atoms with Crippen molar-refractivity contribution < 1.29 is 18.3 Å². The zero-order chi connectivity index (χ0) is 15.6. The molecule has 1 fully saturated rings. The number of rotatable bonds is 5. The van der Waals surface area contributed by atoms with E-state index < -0.39 is 16.0 Å². The highest BCUT2D eigenvalue weighted by atomic mass is 32.2. The van der Waals surface area contributed by atoms with E-state index in [9.17, 15) is 13.2 Å². The average Bonchev–Trinajstić information content (AvgIpc) is 2.86. The Kier molecular flexibility index (Phi) is 4.53. The van der Waals surface area contributed by atoms with E-state index in [0.717, 1.165) is 6.42 Å². The molecule has 1 aliphatic heterocycles. The summed E-state index contributed by atoms with van der Waals surface area (Å²) >= 11 is 0. The summed E-state index contributed by atoms with van der Waals surface area (Å²) in [6.45, 7) is 1.25. The Labute approximate surface area is 125 Å². The van der Waals surface area contributed by atoms with Gasteiger partial charge < -0.3 is 10.0 Å². The predicted octanol–water partition coefficient (Wildman–Crippen LogP) is 1.24. The Morgan fingerprint density at radius 3 is 2.67 bits per heavy atom. The Bertz CT molecular complexity index is 628. The van der Waals surface area contributed by atoms with Crippen LogP contribution in [0.25, 0.3) is 0 Å². The van der Waals surface area contributed by atoms with Crippen molar-refractivity contribution in [1.82, 2.24) is 4.31 Å². The topological polar surface area (TPSA) is 77.9 Å². The Morgan fingerprint density at radius 1 is 1.38 bits per heavy atom. The van der Waals surface area contributed by atoms with Crippen molar-refractivity contribution >= 4 is 21.7 Å². The van der Waals surface area contributed by atoms with E-state index in [-0.39, 0.29) is 17.2 Å². The van der Waals surface area contributed by atoms with Crippen molar-refractivity contribution in [3.05, 3.63) is 24.3 Å². The van der Waals surface area contributed by atoms with Gasteiger partial charge in [0.25, 0.3) is 0 Å². The van der Waals surface area contributed by atoms with Gasteiger partial charge >= 0.3 is 5.97 Å². The molecule has 1 aromatic carbocycles. The number of carboxylic acid groups (broad SMARTS) is 1. The van der Waals surface area contributed by atoms with Gasteiger partial charge in [-0.1, -0.05) is 12.1 Å². The van der Waals surface area contributed by atoms with Gasteiger partial charge in [0.2, 0.25) is 10.0 Å². The number of benzene rings is 1. The van der Waals surface area contributed by atoms with Gasteiger partial charge in [-0.05, 0) is 24.5 Å². The summed E-state index contributed by atoms with van der Waals surface area (Å²) < 4.78 is 25.9. The number of anilines is 1. The molecule has 0 aliphatic carbocycles. The van der Waals surface area contributed by atoms with Crippen LogP contribution in [-0.2, 0) is 14.8 Å². The lowest BCUT2D eigenvalue weighted by Gasteiger charge is -2.23. The number of nitrogens with zero attached hydrogens (tertiary/aromatic N) is 2. The van der Waals surface area contributed by atoms with E-state index in [4.69, 9.17) is 5.11 Å². The summed E-state index contributed by atoms with van der Waals surface area (Å²) in [4.78, 5) is 13.0. The van der Waals surface area contributed by atoms with E-state index in [0.29, 0.717) is 18.8 Å². The molecule has 0 radical (unpaired) electrons. The molecule has 1 heterocycles. The molecular weight excluding hydrogens is 292 g/mol. The minimum Gasteiger partial charge on any atom is -0.481 e. The lowest BCUT2D eigenvalue weighted by molar-refractivity contribution is -0.137. The Morgan fingerprint density at radius 2 is 2.05 bits per heavy atom. The lowest BCUT2D eigenvalue weighted by Crippen LogP contribution is -2.27. The lowest BCUT2D eigenvalue weighted by atomic mass is 10.1. The van der Waals surface area contributed by atoms with Crippen LogP contribution >= 0.6 is 0 Å². The fraction of sp³-hybridized carbons (Fsp3) is 0.500. The quantitative estimate of drug-likeness (QED) is 0.885. The third-order valence-corrected chi connectivity index (χ3v) is 5.58. The first kappa shape index (κ1) is 15.8. The first-order chi connectivity index (χ1) is 9.82. The molecule has 1 aliphatic rings. The van der Waals surface area contributed by atoms with Crippen LogP contribution in [0, 0.1) is 5.92 Å². The second-order valence-electron chi connectivity index (χ2n) is 5.45. The van der Waals surface area contributed by atoms with E-state index in [1.807, 2.05) is 4.90 Å². The third-order valence-electron chi connectivity index (χ3n) is 3.71. The molecule has 1 N–H and O–H groups in total. The number of sulfonamides is 1. The van der Waals surface area contributed by atoms with E-state index in [2.05, 4.69) is 0 Å². The molecule has 1 atom stereocenters. The summed E-state index contributed by atoms with van der Waals surface area (Å²) in [7, 11) is -0.504. The minimum atomic E-state index is -3.51. The molecule has 1 saturated heterocycles. The van der Waals surface area contributed by atoms with Gasteiger partial charge in [0.05, 0.1) is 5.69 Å². The summed E-state index contributed by atoms with van der Waals surface area (Å²) in [5.41, 5.74) is 0.652. The molecule has 2 rings (SSSR count). The van der Waals surface area contributed by atoms with Gasteiger partial charge in [0, 0.05) is 33.6 Å². The summed E-state index contributed by atoms with van der Waals surface area (Å²) in [6, 6.07) is 6.87. The molecule has 6 nitrogen and oxygen atoms in total. The molecule has 0 spiro atoms. The molecule has 21 heavy (non-hydrogen) atoms. The molecule has 0 bridgehead atoms. The monoisotopic (exact) mass is 312 g/mol. The van der Waals surface area contributed by atoms with Crippen LogP contribution < -0.4 is 4.90 Å². The summed E-state index contributed by atoms with van der Waals surface area (Å²) in [5, 5.41) is 8.87. The van der Waals surface area contributed by atoms with Crippen molar-refractivity contribution in [2.75, 3.05) is 32.1 Å². The summed E-state index contributed by atoms with van der Waals surface area (Å²) in [5.74, 6) is -0.742. The maximum absolute atomic E-state index is 12.4. The first-order valence-electron chi connectivity index (χ1n) is 6.80. The SMILES string of the molecule is CN(C)S(=O)(=O)c1ccccc1N1CCC(CC(=O)O)C1. The number of carbonyl (C=O) groups is 1. The number of hydrogen-bond donors (Lipinski definition) is 1. The van der Waals surface area contributed by atoms with Crippen molar-refractivity contribution in [1.29, 1.82) is 0 Å². The largest absolute Gasteiger partial charge is 0.481 e. The molecule has 1 unspecified atom stereocenters. The number of hydrogen-bond acceptors (Lipinski definition) is 4. The van der Waals surface area contributed by atoms with Gasteiger partial charge in [-0.15, -0.1) is 0 Å². The van der Waals surface area contributed by atoms with Crippen LogP contribution in [0.4, 0.5) is 5.69 Å². The Hall–Kier alpha value is -1.60. The highest BCUT2D eigenvalue weighted by molar-refractivity contribution is 7.89. The molecule has 1 aromatic rings. The van der Waals surface area contributed by atoms with Gasteiger partial charge in [-0.3, -0.25) is 4.79 Å². The van der Waals surface area contributed by atoms with Gasteiger partial charge in [0.15, 0.2) is 0 Å². The second-order valence-corrected chi connectivity index (χ2v) is 7.57. The number of para-hydroxylation sites is 1. The van der Waals surface area contributed by atoms with Crippen LogP contribution in [0.2, 0.25) is 0 Å². The predicted molar refractivity (Wildman–Crippen MR) is 79.9 cm³/mol. The van der Waals surface area contributed by atoms with Crippen LogP contribution in [0.5, 0.6) is 0 Å². The maximum atomic E-state index is 12.4. The Balaban J connectivity index is 2.28. The van der Waals surface area contributed by atoms with Crippen LogP contribution in [-0.4, -0.2) is 51.0 Å². The number of carboxylic acids is 1. The molecule has 7 heteroatoms. The fourth-order valence-electron chi connectivity index (χ4n) is 2.60. The number of aliphatic carboxylic acids is 1. The maximum Gasteiger partial charge on any atom is 0.303 e. The van der Waals surface area contributed by atoms with E-state index in [1.54, 1.807) is 24.3 Å². The second kappa shape index (κ2) is 6.03. The zero-order valence-corrected chi connectivity index (χ0v) is 13.0. The van der Waals surface area contributed by atoms with Crippen LogP contribution in [0.3, 0.4) is 0 Å². The molecule has 0 aromatic heterocycles. The van der Waals surface area contributed by atoms with Crippen molar-refractivity contribution in [2.24, 2.45) is 5.92 Å². The highest BCUT2D eigenvalue weighted by Gasteiger charge is 2.29. The molecule has 0 amide bonds. The zero-order valence-electron chi connectivity index (χ0n) is 12.2. The molecule has 0 saturated carbocycles. The van der Waals surface area contributed by atoms with Gasteiger partial charge in [0.1, 0.15) is 4.90 Å². The third kappa shape index (κ3) is 3.36. The smallest absolute Gasteiger partial charge is 0.303 e. The average molecular weight is 312 g/mol. The van der Waals surface area contributed by atoms with Crippen molar-refractivity contribution in [3.63, 3.8) is 0 Å². The van der Waals surface area contributed by atoms with Gasteiger partial charge in [-0.25, -0.2) is 12.7 Å². The highest BCUT2D eigenvalue weighted by Crippen LogP contribution is 2.31. The fourth-order valence-corrected chi connectivity index (χ4v) is 3.70. The minimum absolute atomic E-state index is 0.0672. The van der Waals surface area contributed by atoms with E-state index in [1.165, 1.54) is 18.4 Å².